The van der Waals surface area contributed by atoms with Crippen molar-refractivity contribution < 1.29 is 13.2 Å². The Hall–Kier alpha value is -1.86. The maximum Gasteiger partial charge on any atom is 0.416 e. The van der Waals surface area contributed by atoms with E-state index in [1.165, 1.54) is 31.4 Å². The number of rotatable bonds is 5. The van der Waals surface area contributed by atoms with Gasteiger partial charge >= 0.3 is 6.18 Å². The monoisotopic (exact) mass is 392 g/mol. The van der Waals surface area contributed by atoms with E-state index in [2.05, 4.69) is 15.2 Å². The number of halogens is 3. The number of nitrogens with one attached hydrogen (secondary N) is 1. The lowest BCUT2D eigenvalue weighted by Gasteiger charge is -2.30. The van der Waals surface area contributed by atoms with Gasteiger partial charge in [-0.1, -0.05) is 6.07 Å². The number of imidazole rings is 1. The highest BCUT2D eigenvalue weighted by atomic mass is 19.4. The molecule has 1 aliphatic heterocycles. The van der Waals surface area contributed by atoms with Gasteiger partial charge in [-0.05, 0) is 68.0 Å². The lowest BCUT2D eigenvalue weighted by atomic mass is 9.93. The summed E-state index contributed by atoms with van der Waals surface area (Å²) >= 11 is 0. The summed E-state index contributed by atoms with van der Waals surface area (Å²) in [6, 6.07) is 4.57. The molecule has 4 nitrogen and oxygen atoms in total. The van der Waals surface area contributed by atoms with Crippen molar-refractivity contribution in [3.05, 3.63) is 53.1 Å². The van der Waals surface area contributed by atoms with Crippen molar-refractivity contribution in [2.24, 2.45) is 12.5 Å². The number of aryl methyl sites for hydroxylation is 2. The van der Waals surface area contributed by atoms with E-state index in [0.717, 1.165) is 24.5 Å². The van der Waals surface area contributed by atoms with Crippen LogP contribution in [-0.4, -0.2) is 33.6 Å². The maximum atomic E-state index is 13.0. The molecule has 4 rings (SSSR count). The van der Waals surface area contributed by atoms with Gasteiger partial charge in [-0.25, -0.2) is 4.98 Å². The Bertz CT molecular complexity index is 836. The Morgan fingerprint density at radius 2 is 2.00 bits per heavy atom. The van der Waals surface area contributed by atoms with Crippen LogP contribution in [0.1, 0.15) is 41.8 Å². The highest BCUT2D eigenvalue weighted by Crippen LogP contribution is 2.56. The standard InChI is InChI=1S/C21H27F3N4/c1-15-11-17(21(22,23)24)4-3-16(15)13-28(14-19-26-9-10-27(19)2)18-12-20(18)5-7-25-8-6-20/h3-4,9-11,18,25H,5-8,12-14H2,1-2H3. The lowest BCUT2D eigenvalue weighted by molar-refractivity contribution is -0.137. The smallest absolute Gasteiger partial charge is 0.337 e. The molecular weight excluding hydrogens is 365 g/mol. The van der Waals surface area contributed by atoms with Crippen LogP contribution in [0.15, 0.2) is 30.6 Å². The van der Waals surface area contributed by atoms with Crippen molar-refractivity contribution in [2.45, 2.75) is 51.5 Å². The minimum atomic E-state index is -4.30. The fraction of sp³-hybridized carbons (Fsp3) is 0.571. The van der Waals surface area contributed by atoms with Gasteiger partial charge in [-0.3, -0.25) is 4.90 Å². The van der Waals surface area contributed by atoms with Gasteiger partial charge in [-0.2, -0.15) is 13.2 Å². The van der Waals surface area contributed by atoms with Crippen LogP contribution in [0.3, 0.4) is 0 Å². The molecule has 28 heavy (non-hydrogen) atoms. The zero-order valence-electron chi connectivity index (χ0n) is 16.4. The molecule has 2 fully saturated rings. The number of hydrogen-bond donors (Lipinski definition) is 1. The van der Waals surface area contributed by atoms with Gasteiger partial charge < -0.3 is 9.88 Å². The van der Waals surface area contributed by atoms with Crippen molar-refractivity contribution in [3.8, 4) is 0 Å². The third kappa shape index (κ3) is 3.82. The van der Waals surface area contributed by atoms with Crippen LogP contribution in [0.2, 0.25) is 0 Å². The number of benzene rings is 1. The highest BCUT2D eigenvalue weighted by molar-refractivity contribution is 5.33. The molecule has 0 amide bonds. The molecule has 1 unspecified atom stereocenters. The summed E-state index contributed by atoms with van der Waals surface area (Å²) in [6.07, 6.45) is 2.93. The first-order valence-electron chi connectivity index (χ1n) is 9.86. The van der Waals surface area contributed by atoms with Crippen LogP contribution >= 0.6 is 0 Å². The second-order valence-corrected chi connectivity index (χ2v) is 8.33. The first-order valence-corrected chi connectivity index (χ1v) is 9.86. The Morgan fingerprint density at radius 3 is 2.61 bits per heavy atom. The quantitative estimate of drug-likeness (QED) is 0.838. The van der Waals surface area contributed by atoms with Crippen LogP contribution in [0.5, 0.6) is 0 Å². The summed E-state index contributed by atoms with van der Waals surface area (Å²) in [5, 5.41) is 3.43. The summed E-state index contributed by atoms with van der Waals surface area (Å²) in [7, 11) is 1.98. The second kappa shape index (κ2) is 7.19. The Kier molecular flexibility index (Phi) is 5.00. The van der Waals surface area contributed by atoms with Gasteiger partial charge in [-0.15, -0.1) is 0 Å². The van der Waals surface area contributed by atoms with E-state index in [9.17, 15) is 13.2 Å². The van der Waals surface area contributed by atoms with Crippen LogP contribution in [0, 0.1) is 12.3 Å². The molecule has 7 heteroatoms. The molecule has 2 heterocycles. The second-order valence-electron chi connectivity index (χ2n) is 8.33. The molecule has 0 radical (unpaired) electrons. The maximum absolute atomic E-state index is 13.0. The van der Waals surface area contributed by atoms with Crippen molar-refractivity contribution in [1.82, 2.24) is 19.8 Å². The molecule has 2 aromatic rings. The average Bonchev–Trinajstić information content (AvgIpc) is 3.17. The van der Waals surface area contributed by atoms with Crippen LogP contribution in [0.4, 0.5) is 13.2 Å². The number of piperidine rings is 1. The first-order chi connectivity index (χ1) is 13.3. The van der Waals surface area contributed by atoms with Crippen molar-refractivity contribution in [3.63, 3.8) is 0 Å². The Labute approximate surface area is 163 Å². The molecule has 152 valence electrons. The van der Waals surface area contributed by atoms with E-state index in [1.807, 2.05) is 17.8 Å². The van der Waals surface area contributed by atoms with Crippen molar-refractivity contribution in [2.75, 3.05) is 13.1 Å². The average molecular weight is 392 g/mol. The molecule has 2 aliphatic rings. The molecule has 1 N–H and O–H groups in total. The summed E-state index contributed by atoms with van der Waals surface area (Å²) in [4.78, 5) is 6.89. The van der Waals surface area contributed by atoms with Gasteiger partial charge in [0.05, 0.1) is 12.1 Å². The van der Waals surface area contributed by atoms with E-state index in [0.29, 0.717) is 30.1 Å². The number of aromatic nitrogens is 2. The number of alkyl halides is 3. The summed E-state index contributed by atoms with van der Waals surface area (Å²) in [5.41, 5.74) is 1.43. The lowest BCUT2D eigenvalue weighted by Crippen LogP contribution is -2.36. The minimum absolute atomic E-state index is 0.357. The van der Waals surface area contributed by atoms with Gasteiger partial charge in [0.15, 0.2) is 0 Å². The molecule has 1 aromatic heterocycles. The molecule has 1 saturated heterocycles. The first kappa shape index (κ1) is 19.5. The fourth-order valence-corrected chi connectivity index (χ4v) is 4.58. The summed E-state index contributed by atoms with van der Waals surface area (Å²) in [5.74, 6) is 0.987. The normalized spacial score (nSPS) is 21.4. The van der Waals surface area contributed by atoms with E-state index >= 15 is 0 Å². The minimum Gasteiger partial charge on any atom is -0.337 e. The van der Waals surface area contributed by atoms with Crippen molar-refractivity contribution in [1.29, 1.82) is 0 Å². The van der Waals surface area contributed by atoms with E-state index in [4.69, 9.17) is 0 Å². The molecule has 1 aromatic carbocycles. The van der Waals surface area contributed by atoms with Crippen LogP contribution in [-0.2, 0) is 26.3 Å². The third-order valence-electron chi connectivity index (χ3n) is 6.50. The Balaban J connectivity index is 1.57. The predicted octanol–water partition coefficient (Wildman–Crippen LogP) is 3.89. The van der Waals surface area contributed by atoms with Gasteiger partial charge in [0.1, 0.15) is 5.82 Å². The van der Waals surface area contributed by atoms with E-state index in [1.54, 1.807) is 19.2 Å². The van der Waals surface area contributed by atoms with Gasteiger partial charge in [0.25, 0.3) is 0 Å². The number of hydrogen-bond acceptors (Lipinski definition) is 3. The van der Waals surface area contributed by atoms with Gasteiger partial charge in [0.2, 0.25) is 0 Å². The van der Waals surface area contributed by atoms with Gasteiger partial charge in [0, 0.05) is 32.0 Å². The molecule has 1 spiro atoms. The highest BCUT2D eigenvalue weighted by Gasteiger charge is 2.56. The largest absolute Gasteiger partial charge is 0.416 e. The fourth-order valence-electron chi connectivity index (χ4n) is 4.58. The Morgan fingerprint density at radius 1 is 1.25 bits per heavy atom. The predicted molar refractivity (Wildman–Crippen MR) is 102 cm³/mol. The molecule has 1 saturated carbocycles. The SMILES string of the molecule is Cc1cc(C(F)(F)F)ccc1CN(Cc1nccn1C)C1CC12CCNCC2. The zero-order chi connectivity index (χ0) is 19.9. The van der Waals surface area contributed by atoms with E-state index < -0.39 is 11.7 Å². The molecular formula is C21H27F3N4. The third-order valence-corrected chi connectivity index (χ3v) is 6.50. The molecule has 1 aliphatic carbocycles. The summed E-state index contributed by atoms with van der Waals surface area (Å²) < 4.78 is 41.0. The van der Waals surface area contributed by atoms with Crippen molar-refractivity contribution >= 4 is 0 Å². The molecule has 1 atom stereocenters. The summed E-state index contributed by atoms with van der Waals surface area (Å²) in [6.45, 7) is 5.23. The molecule has 0 bridgehead atoms. The zero-order valence-corrected chi connectivity index (χ0v) is 16.4. The number of nitrogens with zero attached hydrogens (tertiary/aromatic N) is 3. The van der Waals surface area contributed by atoms with Crippen LogP contribution < -0.4 is 5.32 Å². The van der Waals surface area contributed by atoms with E-state index in [-0.39, 0.29) is 0 Å². The topological polar surface area (TPSA) is 33.1 Å². The van der Waals surface area contributed by atoms with Crippen LogP contribution in [0.25, 0.3) is 0 Å².